The maximum absolute atomic E-state index is 13.1. The third-order valence-corrected chi connectivity index (χ3v) is 3.81. The van der Waals surface area contributed by atoms with Gasteiger partial charge in [-0.15, -0.1) is 11.3 Å². The lowest BCUT2D eigenvalue weighted by Crippen LogP contribution is -2.12. The van der Waals surface area contributed by atoms with Crippen molar-refractivity contribution in [2.45, 2.75) is 39.0 Å². The van der Waals surface area contributed by atoms with Crippen LogP contribution in [-0.4, -0.2) is 10.8 Å². The second-order valence-corrected chi connectivity index (χ2v) is 6.84. The number of rotatable bonds is 4. The molecule has 1 aromatic heterocycles. The van der Waals surface area contributed by atoms with Crippen LogP contribution >= 0.6 is 11.3 Å². The zero-order valence-electron chi connectivity index (χ0n) is 11.9. The summed E-state index contributed by atoms with van der Waals surface area (Å²) in [5, 5.41) is 2.83. The van der Waals surface area contributed by atoms with Crippen LogP contribution < -0.4 is 0 Å². The predicted molar refractivity (Wildman–Crippen MR) is 79.6 cm³/mol. The number of aromatic nitrogens is 1. The van der Waals surface area contributed by atoms with Crippen molar-refractivity contribution < 1.29 is 9.18 Å². The minimum atomic E-state index is -0.306. The highest BCUT2D eigenvalue weighted by Gasteiger charge is 2.18. The summed E-state index contributed by atoms with van der Waals surface area (Å²) in [6.07, 6.45) is 0.569. The van der Waals surface area contributed by atoms with Gasteiger partial charge in [-0.2, -0.15) is 0 Å². The summed E-state index contributed by atoms with van der Waals surface area (Å²) in [7, 11) is 0. The van der Waals surface area contributed by atoms with Crippen molar-refractivity contribution in [2.75, 3.05) is 0 Å². The monoisotopic (exact) mass is 291 g/mol. The number of halogens is 1. The number of Topliss-reactive ketones (excluding diaryl/α,β-unsaturated/α-hetero) is 1. The van der Waals surface area contributed by atoms with Gasteiger partial charge in [0.1, 0.15) is 16.6 Å². The van der Waals surface area contributed by atoms with E-state index in [0.717, 1.165) is 10.7 Å². The molecule has 2 nitrogen and oxygen atoms in total. The molecule has 20 heavy (non-hydrogen) atoms. The van der Waals surface area contributed by atoms with Gasteiger partial charge in [-0.25, -0.2) is 9.37 Å². The van der Waals surface area contributed by atoms with Crippen LogP contribution in [0.2, 0.25) is 0 Å². The van der Waals surface area contributed by atoms with Gasteiger partial charge in [0.25, 0.3) is 0 Å². The molecule has 0 radical (unpaired) electrons. The number of carbonyl (C=O) groups is 1. The fourth-order valence-electron chi connectivity index (χ4n) is 1.84. The topological polar surface area (TPSA) is 30.0 Å². The molecule has 0 aliphatic carbocycles. The van der Waals surface area contributed by atoms with Gasteiger partial charge in [0.15, 0.2) is 0 Å². The third kappa shape index (κ3) is 3.97. The van der Waals surface area contributed by atoms with E-state index in [2.05, 4.69) is 25.8 Å². The highest BCUT2D eigenvalue weighted by Crippen LogP contribution is 2.24. The van der Waals surface area contributed by atoms with E-state index < -0.39 is 0 Å². The van der Waals surface area contributed by atoms with Crippen LogP contribution in [0.5, 0.6) is 0 Å². The Labute approximate surface area is 122 Å². The van der Waals surface area contributed by atoms with E-state index >= 15 is 0 Å². The van der Waals surface area contributed by atoms with Crippen molar-refractivity contribution in [1.82, 2.24) is 4.98 Å². The van der Waals surface area contributed by atoms with Crippen molar-refractivity contribution in [1.29, 1.82) is 0 Å². The van der Waals surface area contributed by atoms with Gasteiger partial charge in [0.2, 0.25) is 0 Å². The molecule has 0 spiro atoms. The normalized spacial score (nSPS) is 11.6. The number of ketones is 1. The summed E-state index contributed by atoms with van der Waals surface area (Å²) in [6, 6.07) is 6.17. The average molecular weight is 291 g/mol. The van der Waals surface area contributed by atoms with E-state index in [0.29, 0.717) is 12.0 Å². The molecular weight excluding hydrogens is 273 g/mol. The maximum Gasteiger partial charge on any atom is 0.144 e. The zero-order valence-corrected chi connectivity index (χ0v) is 12.8. The molecule has 0 aliphatic heterocycles. The molecule has 0 unspecified atom stereocenters. The Kier molecular flexibility index (Phi) is 4.33. The molecule has 0 bridgehead atoms. The predicted octanol–water partition coefficient (Wildman–Crippen LogP) is 3.93. The highest BCUT2D eigenvalue weighted by molar-refractivity contribution is 7.09. The summed E-state index contributed by atoms with van der Waals surface area (Å²) in [4.78, 5) is 16.5. The number of carbonyl (C=O) groups excluding carboxylic acids is 1. The van der Waals surface area contributed by atoms with Crippen LogP contribution in [-0.2, 0) is 23.1 Å². The molecule has 0 atom stereocenters. The number of hydrogen-bond donors (Lipinski definition) is 0. The van der Waals surface area contributed by atoms with E-state index in [1.54, 1.807) is 12.1 Å². The minimum absolute atomic E-state index is 0.000353. The van der Waals surface area contributed by atoms with E-state index in [1.807, 2.05) is 5.38 Å². The van der Waals surface area contributed by atoms with Crippen LogP contribution in [0.25, 0.3) is 0 Å². The second kappa shape index (κ2) is 5.83. The molecule has 0 saturated heterocycles. The lowest BCUT2D eigenvalue weighted by molar-refractivity contribution is -0.117. The fourth-order valence-corrected chi connectivity index (χ4v) is 2.89. The van der Waals surface area contributed by atoms with Gasteiger partial charge < -0.3 is 0 Å². The Morgan fingerprint density at radius 1 is 1.30 bits per heavy atom. The minimum Gasteiger partial charge on any atom is -0.299 e. The fraction of sp³-hybridized carbons (Fsp3) is 0.375. The van der Waals surface area contributed by atoms with E-state index in [-0.39, 0.29) is 23.4 Å². The molecule has 2 aromatic rings. The highest BCUT2D eigenvalue weighted by atomic mass is 32.1. The van der Waals surface area contributed by atoms with Gasteiger partial charge in [0.05, 0.1) is 12.1 Å². The van der Waals surface area contributed by atoms with Gasteiger partial charge in [-0.3, -0.25) is 4.79 Å². The van der Waals surface area contributed by atoms with Crippen LogP contribution in [0.4, 0.5) is 4.39 Å². The quantitative estimate of drug-likeness (QED) is 0.854. The van der Waals surface area contributed by atoms with Crippen LogP contribution in [0, 0.1) is 5.82 Å². The Hall–Kier alpha value is -1.55. The van der Waals surface area contributed by atoms with Crippen molar-refractivity contribution in [2.24, 2.45) is 0 Å². The molecule has 1 heterocycles. The number of benzene rings is 1. The summed E-state index contributed by atoms with van der Waals surface area (Å²) in [6.45, 7) is 6.29. The standard InChI is InChI=1S/C16H18FNOS/c1-16(2,3)14-10-20-15(18-14)9-13(19)8-11-5-4-6-12(17)7-11/h4-7,10H,8-9H2,1-3H3. The third-order valence-electron chi connectivity index (χ3n) is 2.96. The lowest BCUT2D eigenvalue weighted by atomic mass is 9.93. The molecule has 106 valence electrons. The molecule has 0 fully saturated rings. The first kappa shape index (κ1) is 14.9. The first-order chi connectivity index (χ1) is 9.34. The van der Waals surface area contributed by atoms with Gasteiger partial charge in [0, 0.05) is 17.2 Å². The molecule has 2 rings (SSSR count). The van der Waals surface area contributed by atoms with Crippen LogP contribution in [0.15, 0.2) is 29.6 Å². The number of hydrogen-bond acceptors (Lipinski definition) is 3. The van der Waals surface area contributed by atoms with Crippen molar-refractivity contribution in [3.63, 3.8) is 0 Å². The van der Waals surface area contributed by atoms with E-state index in [4.69, 9.17) is 0 Å². The maximum atomic E-state index is 13.1. The smallest absolute Gasteiger partial charge is 0.144 e. The first-order valence-electron chi connectivity index (χ1n) is 6.55. The van der Waals surface area contributed by atoms with Gasteiger partial charge in [-0.1, -0.05) is 32.9 Å². The van der Waals surface area contributed by atoms with Gasteiger partial charge >= 0.3 is 0 Å². The van der Waals surface area contributed by atoms with Gasteiger partial charge in [-0.05, 0) is 17.7 Å². The molecule has 1 aromatic carbocycles. The lowest BCUT2D eigenvalue weighted by Gasteiger charge is -2.14. The second-order valence-electron chi connectivity index (χ2n) is 5.90. The van der Waals surface area contributed by atoms with E-state index in [9.17, 15) is 9.18 Å². The Morgan fingerprint density at radius 2 is 2.05 bits per heavy atom. The molecule has 4 heteroatoms. The molecule has 0 N–H and O–H groups in total. The van der Waals surface area contributed by atoms with Crippen molar-refractivity contribution >= 4 is 17.1 Å². The van der Waals surface area contributed by atoms with Crippen LogP contribution in [0.1, 0.15) is 37.0 Å². The SMILES string of the molecule is CC(C)(C)c1csc(CC(=O)Cc2cccc(F)c2)n1. The van der Waals surface area contributed by atoms with E-state index in [1.165, 1.54) is 23.5 Å². The Balaban J connectivity index is 2.00. The largest absolute Gasteiger partial charge is 0.299 e. The Morgan fingerprint density at radius 3 is 2.65 bits per heavy atom. The molecule has 0 aliphatic rings. The van der Waals surface area contributed by atoms with Crippen molar-refractivity contribution in [3.8, 4) is 0 Å². The molecular formula is C16H18FNOS. The van der Waals surface area contributed by atoms with Crippen LogP contribution in [0.3, 0.4) is 0 Å². The molecule has 0 amide bonds. The number of nitrogens with zero attached hydrogens (tertiary/aromatic N) is 1. The average Bonchev–Trinajstić information content (AvgIpc) is 2.76. The first-order valence-corrected chi connectivity index (χ1v) is 7.43. The Bertz CT molecular complexity index is 613. The summed E-state index contributed by atoms with van der Waals surface area (Å²) < 4.78 is 13.1. The number of thiazole rings is 1. The summed E-state index contributed by atoms with van der Waals surface area (Å²) >= 11 is 1.51. The zero-order chi connectivity index (χ0) is 14.8. The summed E-state index contributed by atoms with van der Waals surface area (Å²) in [5.41, 5.74) is 1.72. The molecule has 0 saturated carbocycles. The summed E-state index contributed by atoms with van der Waals surface area (Å²) in [5.74, 6) is -0.245. The van der Waals surface area contributed by atoms with Crippen molar-refractivity contribution in [3.05, 3.63) is 51.7 Å².